The van der Waals surface area contributed by atoms with Crippen molar-refractivity contribution in [2.45, 2.75) is 37.5 Å². The number of aryl methyl sites for hydroxylation is 1. The van der Waals surface area contributed by atoms with Crippen LogP contribution in [0.25, 0.3) is 0 Å². The number of fused-ring (bicyclic) bond motifs is 3. The van der Waals surface area contributed by atoms with E-state index in [0.717, 1.165) is 11.3 Å². The Morgan fingerprint density at radius 1 is 1.45 bits per heavy atom. The Morgan fingerprint density at radius 2 is 2.21 bits per heavy atom. The molecule has 0 aromatic carbocycles. The molecule has 15 heteroatoms. The van der Waals surface area contributed by atoms with Gasteiger partial charge in [0.1, 0.15) is 6.04 Å². The normalized spacial score (nSPS) is 25.7. The SMILES string of the molecule is Cn1ncc2c1CN[C@@H]2CONC(=O)[C@@H]1CC[C@@H]2CN1C(=O)N2OS(=O)(=O)[O-].[Na+]. The molecule has 4 rings (SSSR count). The number of urea groups is 1. The standard InChI is InChI=1S/C14H20N6O7S.Na/c1-18-12-5-15-10(9(12)4-16-18)7-26-17-13(21)11-3-2-8-6-19(11)14(22)20(8)27-28(23,24)25;/h4,8,10-11,15H,2-3,5-7H2,1H3,(H,17,21)(H,23,24,25);/q;+1/p-1/t8-,10-,11+;/m1./s1. The molecule has 13 nitrogen and oxygen atoms in total. The van der Waals surface area contributed by atoms with E-state index in [0.29, 0.717) is 24.4 Å². The Labute approximate surface area is 188 Å². The molecule has 2 fully saturated rings. The predicted octanol–water partition coefficient (Wildman–Crippen LogP) is -4.72. The van der Waals surface area contributed by atoms with Crippen molar-refractivity contribution in [2.24, 2.45) is 7.05 Å². The van der Waals surface area contributed by atoms with Crippen LogP contribution in [0.4, 0.5) is 4.79 Å². The maximum Gasteiger partial charge on any atom is 1.00 e. The van der Waals surface area contributed by atoms with E-state index in [9.17, 15) is 22.6 Å². The largest absolute Gasteiger partial charge is 1.00 e. The molecule has 0 unspecified atom stereocenters. The summed E-state index contributed by atoms with van der Waals surface area (Å²) in [5.74, 6) is -0.525. The number of amides is 3. The maximum absolute atomic E-state index is 12.4. The van der Waals surface area contributed by atoms with Gasteiger partial charge in [0, 0.05) is 25.7 Å². The van der Waals surface area contributed by atoms with Gasteiger partial charge in [0.15, 0.2) is 0 Å². The van der Waals surface area contributed by atoms with Gasteiger partial charge >= 0.3 is 35.6 Å². The van der Waals surface area contributed by atoms with Crippen molar-refractivity contribution >= 4 is 22.3 Å². The zero-order valence-corrected chi connectivity index (χ0v) is 18.7. The predicted molar refractivity (Wildman–Crippen MR) is 88.4 cm³/mol. The molecule has 4 heterocycles. The minimum Gasteiger partial charge on any atom is -0.724 e. The summed E-state index contributed by atoms with van der Waals surface area (Å²) in [7, 11) is -3.23. The topological polar surface area (TPSA) is 158 Å². The van der Waals surface area contributed by atoms with E-state index in [1.165, 1.54) is 4.90 Å². The number of hydrogen-bond donors (Lipinski definition) is 2. The summed E-state index contributed by atoms with van der Waals surface area (Å²) in [6.45, 7) is 0.922. The van der Waals surface area contributed by atoms with Gasteiger partial charge in [0.25, 0.3) is 5.91 Å². The van der Waals surface area contributed by atoms with Crippen LogP contribution in [-0.2, 0) is 37.9 Å². The molecule has 3 aliphatic heterocycles. The Balaban J connectivity index is 0.00000240. The van der Waals surface area contributed by atoms with Crippen LogP contribution in [0, 0.1) is 0 Å². The Morgan fingerprint density at radius 3 is 2.93 bits per heavy atom. The van der Waals surface area contributed by atoms with Gasteiger partial charge in [0.05, 0.1) is 30.6 Å². The molecular weight excluding hydrogens is 419 g/mol. The van der Waals surface area contributed by atoms with E-state index in [1.54, 1.807) is 10.9 Å². The third-order valence-electron chi connectivity index (χ3n) is 5.21. The van der Waals surface area contributed by atoms with Crippen molar-refractivity contribution in [1.82, 2.24) is 30.5 Å². The van der Waals surface area contributed by atoms with Gasteiger partial charge in [-0.25, -0.2) is 18.7 Å². The number of rotatable bonds is 6. The van der Waals surface area contributed by atoms with Gasteiger partial charge in [-0.05, 0) is 12.8 Å². The summed E-state index contributed by atoms with van der Waals surface area (Å²) in [6.07, 6.45) is 2.35. The van der Waals surface area contributed by atoms with Gasteiger partial charge in [-0.1, -0.05) is 0 Å². The van der Waals surface area contributed by atoms with E-state index >= 15 is 0 Å². The van der Waals surface area contributed by atoms with Crippen molar-refractivity contribution in [1.29, 1.82) is 0 Å². The molecule has 3 atom stereocenters. The molecule has 29 heavy (non-hydrogen) atoms. The van der Waals surface area contributed by atoms with Gasteiger partial charge in [-0.15, -0.1) is 0 Å². The fourth-order valence-electron chi connectivity index (χ4n) is 3.83. The molecule has 3 amide bonds. The first-order valence-corrected chi connectivity index (χ1v) is 9.99. The van der Waals surface area contributed by atoms with Crippen LogP contribution < -0.4 is 40.4 Å². The fourth-order valence-corrected chi connectivity index (χ4v) is 4.21. The van der Waals surface area contributed by atoms with Crippen molar-refractivity contribution in [3.05, 3.63) is 17.5 Å². The first-order valence-electron chi connectivity index (χ1n) is 8.65. The summed E-state index contributed by atoms with van der Waals surface area (Å²) >= 11 is 0. The third-order valence-corrected chi connectivity index (χ3v) is 5.55. The molecule has 154 valence electrons. The fraction of sp³-hybridized carbons (Fsp3) is 0.643. The second-order valence-corrected chi connectivity index (χ2v) is 7.84. The summed E-state index contributed by atoms with van der Waals surface area (Å²) in [6, 6.07) is -2.37. The number of aromatic nitrogens is 2. The van der Waals surface area contributed by atoms with E-state index in [-0.39, 0.29) is 48.8 Å². The number of nitrogens with one attached hydrogen (secondary N) is 2. The van der Waals surface area contributed by atoms with Crippen LogP contribution >= 0.6 is 0 Å². The molecular formula is C14H19N6NaO7S. The van der Waals surface area contributed by atoms with Gasteiger partial charge in [-0.3, -0.25) is 14.3 Å². The zero-order valence-electron chi connectivity index (χ0n) is 15.9. The van der Waals surface area contributed by atoms with E-state index in [4.69, 9.17) is 4.84 Å². The molecule has 2 N–H and O–H groups in total. The number of hydroxylamine groups is 3. The Hall–Kier alpha value is -1.26. The van der Waals surface area contributed by atoms with Crippen LogP contribution in [0.15, 0.2) is 6.20 Å². The number of carbonyl (C=O) groups excluding carboxylic acids is 2. The van der Waals surface area contributed by atoms with Crippen LogP contribution in [0.3, 0.4) is 0 Å². The van der Waals surface area contributed by atoms with Crippen LogP contribution in [0.5, 0.6) is 0 Å². The minimum absolute atomic E-state index is 0. The van der Waals surface area contributed by atoms with Crippen molar-refractivity contribution in [3.8, 4) is 0 Å². The van der Waals surface area contributed by atoms with Crippen molar-refractivity contribution in [2.75, 3.05) is 13.2 Å². The van der Waals surface area contributed by atoms with E-state index in [2.05, 4.69) is 20.2 Å². The number of carbonyl (C=O) groups is 2. The molecule has 0 saturated carbocycles. The summed E-state index contributed by atoms with van der Waals surface area (Å²) < 4.78 is 38.4. The smallest absolute Gasteiger partial charge is 0.724 e. The van der Waals surface area contributed by atoms with Crippen LogP contribution in [0.1, 0.15) is 30.1 Å². The first kappa shape index (κ1) is 22.4. The van der Waals surface area contributed by atoms with Crippen molar-refractivity contribution < 1.29 is 61.2 Å². The summed E-state index contributed by atoms with van der Waals surface area (Å²) in [5, 5.41) is 7.96. The molecule has 0 radical (unpaired) electrons. The van der Waals surface area contributed by atoms with E-state index in [1.807, 2.05) is 7.05 Å². The molecule has 1 aromatic rings. The van der Waals surface area contributed by atoms with Gasteiger partial charge < -0.3 is 14.8 Å². The molecule has 3 aliphatic rings. The number of piperidine rings is 1. The number of hydrogen-bond acceptors (Lipinski definition) is 9. The summed E-state index contributed by atoms with van der Waals surface area (Å²) in [4.78, 5) is 31.2. The average molecular weight is 438 g/mol. The van der Waals surface area contributed by atoms with Gasteiger partial charge in [0.2, 0.25) is 10.4 Å². The molecule has 1 aromatic heterocycles. The average Bonchev–Trinajstić information content (AvgIpc) is 3.26. The Kier molecular flexibility index (Phi) is 6.55. The third kappa shape index (κ3) is 4.44. The molecule has 0 spiro atoms. The quantitative estimate of drug-likeness (QED) is 0.193. The second-order valence-electron chi connectivity index (χ2n) is 6.87. The summed E-state index contributed by atoms with van der Waals surface area (Å²) in [5.41, 5.74) is 4.39. The Bertz CT molecular complexity index is 908. The maximum atomic E-state index is 12.4. The minimum atomic E-state index is -5.07. The molecule has 2 bridgehead atoms. The monoisotopic (exact) mass is 438 g/mol. The van der Waals surface area contributed by atoms with Crippen molar-refractivity contribution in [3.63, 3.8) is 0 Å². The van der Waals surface area contributed by atoms with E-state index < -0.39 is 34.4 Å². The molecule has 0 aliphatic carbocycles. The van der Waals surface area contributed by atoms with Crippen LogP contribution in [0.2, 0.25) is 0 Å². The van der Waals surface area contributed by atoms with Crippen LogP contribution in [-0.4, -0.2) is 69.9 Å². The van der Waals surface area contributed by atoms with Gasteiger partial charge in [-0.2, -0.15) is 14.4 Å². The second kappa shape index (κ2) is 8.47. The first-order chi connectivity index (χ1) is 13.2. The zero-order chi connectivity index (χ0) is 20.1. The molecule has 2 saturated heterocycles. The number of nitrogens with zero attached hydrogens (tertiary/aromatic N) is 4.